The molecule has 0 aliphatic heterocycles. The minimum Gasteiger partial charge on any atom is -0.424 e. The molecule has 2 aromatic carbocycles. The quantitative estimate of drug-likeness (QED) is 0.546. The number of benzene rings is 2. The van der Waals surface area contributed by atoms with Gasteiger partial charge in [-0.2, -0.15) is 9.36 Å². The summed E-state index contributed by atoms with van der Waals surface area (Å²) in [6.45, 7) is 1.45. The first-order valence-corrected chi connectivity index (χ1v) is 7.85. The molecule has 0 fully saturated rings. The van der Waals surface area contributed by atoms with Gasteiger partial charge in [-0.1, -0.05) is 24.3 Å². The molecule has 0 bridgehead atoms. The van der Waals surface area contributed by atoms with Crippen LogP contribution in [0.2, 0.25) is 0 Å². The van der Waals surface area contributed by atoms with E-state index in [9.17, 15) is 0 Å². The van der Waals surface area contributed by atoms with E-state index in [0.29, 0.717) is 12.6 Å². The van der Waals surface area contributed by atoms with Crippen LogP contribution in [0.3, 0.4) is 0 Å². The number of oxazole rings is 1. The third kappa shape index (κ3) is 2.48. The van der Waals surface area contributed by atoms with Crippen LogP contribution in [-0.4, -0.2) is 22.4 Å². The van der Waals surface area contributed by atoms with Gasteiger partial charge in [0.15, 0.2) is 5.58 Å². The van der Waals surface area contributed by atoms with Crippen molar-refractivity contribution < 1.29 is 4.42 Å². The Bertz CT molecular complexity index is 881. The molecule has 0 atom stereocenters. The molecule has 2 aromatic heterocycles. The van der Waals surface area contributed by atoms with Gasteiger partial charge in [-0.05, 0) is 35.8 Å². The molecule has 2 heterocycles. The molecule has 0 aliphatic carbocycles. The number of nitrogens with zero attached hydrogens (tertiary/aromatic N) is 2. The Kier molecular flexibility index (Phi) is 3.36. The van der Waals surface area contributed by atoms with Gasteiger partial charge in [0.1, 0.15) is 11.3 Å². The molecule has 22 heavy (non-hydrogen) atoms. The number of anilines is 2. The van der Waals surface area contributed by atoms with E-state index in [0.717, 1.165) is 28.8 Å². The predicted molar refractivity (Wildman–Crippen MR) is 90.6 cm³/mol. The molecule has 110 valence electrons. The van der Waals surface area contributed by atoms with Crippen molar-refractivity contribution in [2.75, 3.05) is 23.7 Å². The summed E-state index contributed by atoms with van der Waals surface area (Å²) in [7, 11) is 0. The Morgan fingerprint density at radius 1 is 0.955 bits per heavy atom. The molecule has 0 spiro atoms. The first-order valence-electron chi connectivity index (χ1n) is 7.08. The minimum absolute atomic E-state index is 0.547. The average molecular weight is 310 g/mol. The number of hydrogen-bond acceptors (Lipinski definition) is 6. The summed E-state index contributed by atoms with van der Waals surface area (Å²) in [5, 5.41) is 7.68. The van der Waals surface area contributed by atoms with Crippen molar-refractivity contribution in [1.29, 1.82) is 0 Å². The van der Waals surface area contributed by atoms with E-state index in [1.54, 1.807) is 0 Å². The van der Waals surface area contributed by atoms with Crippen molar-refractivity contribution in [3.8, 4) is 0 Å². The molecule has 0 aliphatic rings. The molecule has 0 amide bonds. The summed E-state index contributed by atoms with van der Waals surface area (Å²) in [4.78, 5) is 4.38. The van der Waals surface area contributed by atoms with Crippen molar-refractivity contribution in [2.24, 2.45) is 0 Å². The van der Waals surface area contributed by atoms with Gasteiger partial charge in [-0.3, -0.25) is 0 Å². The average Bonchev–Trinajstić information content (AvgIpc) is 3.15. The Morgan fingerprint density at radius 3 is 2.73 bits per heavy atom. The van der Waals surface area contributed by atoms with Crippen molar-refractivity contribution in [3.05, 3.63) is 48.5 Å². The Hall–Kier alpha value is -2.60. The summed E-state index contributed by atoms with van der Waals surface area (Å²) in [5.74, 6) is 0.931. The van der Waals surface area contributed by atoms with Gasteiger partial charge < -0.3 is 15.1 Å². The maximum Gasteiger partial charge on any atom is 0.295 e. The standard InChI is InChI=1S/C16H14N4OS/c1-4-8-14-11(5-1)15(20-22-14)17-9-10-18-16-19-12-6-2-3-7-13(12)21-16/h1-8H,9-10H2,(H,17,20)(H,18,19). The van der Waals surface area contributed by atoms with Gasteiger partial charge in [-0.15, -0.1) is 0 Å². The molecule has 4 rings (SSSR count). The van der Waals surface area contributed by atoms with E-state index < -0.39 is 0 Å². The maximum absolute atomic E-state index is 5.61. The lowest BCUT2D eigenvalue weighted by molar-refractivity contribution is 0.615. The summed E-state index contributed by atoms with van der Waals surface area (Å²) >= 11 is 1.51. The second-order valence-electron chi connectivity index (χ2n) is 4.87. The topological polar surface area (TPSA) is 63.0 Å². The normalized spacial score (nSPS) is 11.1. The number of rotatable bonds is 5. The molecule has 0 radical (unpaired) electrons. The summed E-state index contributed by atoms with van der Waals surface area (Å²) < 4.78 is 11.2. The Labute approximate surface area is 131 Å². The fraction of sp³-hybridized carbons (Fsp3) is 0.125. The lowest BCUT2D eigenvalue weighted by atomic mass is 10.2. The van der Waals surface area contributed by atoms with Crippen LogP contribution in [0.15, 0.2) is 52.9 Å². The highest BCUT2D eigenvalue weighted by molar-refractivity contribution is 7.13. The fourth-order valence-corrected chi connectivity index (χ4v) is 3.07. The maximum atomic E-state index is 5.61. The van der Waals surface area contributed by atoms with Crippen LogP contribution in [0.5, 0.6) is 0 Å². The number of aromatic nitrogens is 2. The molecule has 4 aromatic rings. The molecule has 0 unspecified atom stereocenters. The number of hydrogen-bond donors (Lipinski definition) is 2. The van der Waals surface area contributed by atoms with Gasteiger partial charge in [0.25, 0.3) is 6.01 Å². The third-order valence-electron chi connectivity index (χ3n) is 3.37. The van der Waals surface area contributed by atoms with Gasteiger partial charge in [-0.25, -0.2) is 0 Å². The van der Waals surface area contributed by atoms with Crippen LogP contribution >= 0.6 is 11.5 Å². The fourth-order valence-electron chi connectivity index (χ4n) is 2.31. The van der Waals surface area contributed by atoms with Crippen molar-refractivity contribution in [2.45, 2.75) is 0 Å². The molecular formula is C16H14N4OS. The third-order valence-corrected chi connectivity index (χ3v) is 4.19. The summed E-state index contributed by atoms with van der Waals surface area (Å²) in [5.41, 5.74) is 1.66. The molecule has 5 nitrogen and oxygen atoms in total. The van der Waals surface area contributed by atoms with Crippen molar-refractivity contribution in [3.63, 3.8) is 0 Å². The van der Waals surface area contributed by atoms with Crippen LogP contribution in [0.25, 0.3) is 21.2 Å². The van der Waals surface area contributed by atoms with Crippen LogP contribution in [0, 0.1) is 0 Å². The second kappa shape index (κ2) is 5.65. The molecular weight excluding hydrogens is 296 g/mol. The molecule has 6 heteroatoms. The molecule has 2 N–H and O–H groups in total. The highest BCUT2D eigenvalue weighted by Gasteiger charge is 2.05. The van der Waals surface area contributed by atoms with Crippen LogP contribution in [-0.2, 0) is 0 Å². The SMILES string of the molecule is c1ccc2oc(NCCNc3nsc4ccccc34)nc2c1. The Balaban J connectivity index is 1.37. The summed E-state index contributed by atoms with van der Waals surface area (Å²) in [6, 6.07) is 16.5. The lowest BCUT2D eigenvalue weighted by Crippen LogP contribution is -2.13. The monoisotopic (exact) mass is 310 g/mol. The van der Waals surface area contributed by atoms with Crippen molar-refractivity contribution in [1.82, 2.24) is 9.36 Å². The highest BCUT2D eigenvalue weighted by atomic mass is 32.1. The van der Waals surface area contributed by atoms with E-state index in [-0.39, 0.29) is 0 Å². The van der Waals surface area contributed by atoms with E-state index in [1.165, 1.54) is 16.2 Å². The predicted octanol–water partition coefficient (Wildman–Crippen LogP) is 3.96. The first-order chi connectivity index (χ1) is 10.9. The van der Waals surface area contributed by atoms with E-state index in [4.69, 9.17) is 4.42 Å². The zero-order valence-electron chi connectivity index (χ0n) is 11.7. The van der Waals surface area contributed by atoms with E-state index >= 15 is 0 Å². The van der Waals surface area contributed by atoms with E-state index in [1.807, 2.05) is 36.4 Å². The Morgan fingerprint density at radius 2 is 1.77 bits per heavy atom. The van der Waals surface area contributed by atoms with Gasteiger partial charge >= 0.3 is 0 Å². The van der Waals surface area contributed by atoms with Gasteiger partial charge in [0.05, 0.1) is 4.70 Å². The minimum atomic E-state index is 0.547. The number of fused-ring (bicyclic) bond motifs is 2. The van der Waals surface area contributed by atoms with Gasteiger partial charge in [0.2, 0.25) is 0 Å². The molecule has 0 saturated heterocycles. The zero-order valence-corrected chi connectivity index (χ0v) is 12.6. The van der Waals surface area contributed by atoms with Crippen LogP contribution in [0.1, 0.15) is 0 Å². The highest BCUT2D eigenvalue weighted by Crippen LogP contribution is 2.25. The largest absolute Gasteiger partial charge is 0.424 e. The number of nitrogens with one attached hydrogen (secondary N) is 2. The zero-order chi connectivity index (χ0) is 14.8. The van der Waals surface area contributed by atoms with E-state index in [2.05, 4.69) is 32.1 Å². The number of para-hydroxylation sites is 2. The second-order valence-corrected chi connectivity index (χ2v) is 5.67. The van der Waals surface area contributed by atoms with Crippen molar-refractivity contribution >= 4 is 44.6 Å². The van der Waals surface area contributed by atoms with Gasteiger partial charge in [0, 0.05) is 18.5 Å². The summed E-state index contributed by atoms with van der Waals surface area (Å²) in [6.07, 6.45) is 0. The van der Waals surface area contributed by atoms with Crippen LogP contribution in [0.4, 0.5) is 11.8 Å². The smallest absolute Gasteiger partial charge is 0.295 e. The molecule has 0 saturated carbocycles. The lowest BCUT2D eigenvalue weighted by Gasteiger charge is -2.04. The first kappa shape index (κ1) is 13.1. The van der Waals surface area contributed by atoms with Crippen LogP contribution < -0.4 is 10.6 Å².